The van der Waals surface area contributed by atoms with E-state index >= 15 is 0 Å². The number of para-hydroxylation sites is 1. The maximum Gasteiger partial charge on any atom is 0.258 e. The summed E-state index contributed by atoms with van der Waals surface area (Å²) in [5.74, 6) is 1.47. The van der Waals surface area contributed by atoms with Gasteiger partial charge in [0, 0.05) is 21.1 Å². The molecule has 0 spiro atoms. The predicted octanol–water partition coefficient (Wildman–Crippen LogP) is 1.80. The largest absolute Gasteiger partial charge is 0.483 e. The van der Waals surface area contributed by atoms with E-state index in [1.807, 2.05) is 62.7 Å². The van der Waals surface area contributed by atoms with E-state index in [9.17, 15) is 4.79 Å². The number of benzene rings is 1. The molecule has 1 aromatic carbocycles. The summed E-state index contributed by atoms with van der Waals surface area (Å²) in [6.45, 7) is 4.37. The molecule has 0 bridgehead atoms. The van der Waals surface area contributed by atoms with Crippen molar-refractivity contribution in [1.82, 2.24) is 14.9 Å². The molecule has 23 heavy (non-hydrogen) atoms. The molecule has 0 fully saturated rings. The lowest BCUT2D eigenvalue weighted by Crippen LogP contribution is -2.29. The van der Waals surface area contributed by atoms with Crippen LogP contribution >= 0.6 is 0 Å². The van der Waals surface area contributed by atoms with Crippen molar-refractivity contribution in [3.05, 3.63) is 41.2 Å². The van der Waals surface area contributed by atoms with Gasteiger partial charge in [-0.1, -0.05) is 18.2 Å². The van der Waals surface area contributed by atoms with Gasteiger partial charge in [-0.3, -0.25) is 4.79 Å². The Morgan fingerprint density at radius 1 is 1.30 bits per heavy atom. The number of hydrogen-bond donors (Lipinski definition) is 1. The summed E-state index contributed by atoms with van der Waals surface area (Å²) in [6.07, 6.45) is 1.77. The van der Waals surface area contributed by atoms with Gasteiger partial charge in [0.2, 0.25) is 5.95 Å². The number of aryl methyl sites for hydroxylation is 2. The first kappa shape index (κ1) is 16.9. The van der Waals surface area contributed by atoms with Crippen molar-refractivity contribution in [2.24, 2.45) is 7.05 Å². The molecule has 0 aliphatic carbocycles. The fourth-order valence-corrected chi connectivity index (χ4v) is 2.42. The molecule has 0 aliphatic heterocycles. The third kappa shape index (κ3) is 4.03. The van der Waals surface area contributed by atoms with Gasteiger partial charge in [-0.15, -0.1) is 0 Å². The first-order valence-electron chi connectivity index (χ1n) is 7.53. The van der Waals surface area contributed by atoms with Crippen LogP contribution in [0.25, 0.3) is 0 Å². The van der Waals surface area contributed by atoms with E-state index in [4.69, 9.17) is 4.74 Å². The van der Waals surface area contributed by atoms with Crippen LogP contribution in [0, 0.1) is 13.8 Å². The van der Waals surface area contributed by atoms with Gasteiger partial charge in [0.1, 0.15) is 5.75 Å². The molecule has 0 radical (unpaired) electrons. The van der Waals surface area contributed by atoms with Gasteiger partial charge in [0.05, 0.1) is 18.4 Å². The maximum absolute atomic E-state index is 12.0. The third-order valence-electron chi connectivity index (χ3n) is 3.68. The van der Waals surface area contributed by atoms with Crippen LogP contribution < -0.4 is 15.0 Å². The second-order valence-electron chi connectivity index (χ2n) is 5.79. The van der Waals surface area contributed by atoms with Gasteiger partial charge in [-0.25, -0.2) is 4.98 Å². The molecule has 0 saturated carbocycles. The monoisotopic (exact) mass is 316 g/mol. The molecule has 6 nitrogen and oxygen atoms in total. The molecule has 2 rings (SSSR count). The Kier molecular flexibility index (Phi) is 5.26. The van der Waals surface area contributed by atoms with E-state index in [0.717, 1.165) is 28.5 Å². The predicted molar refractivity (Wildman–Crippen MR) is 90.8 cm³/mol. The Morgan fingerprint density at radius 3 is 2.52 bits per heavy atom. The number of aromatic nitrogens is 2. The van der Waals surface area contributed by atoms with Gasteiger partial charge in [0.15, 0.2) is 6.61 Å². The summed E-state index contributed by atoms with van der Waals surface area (Å²) in [5, 5.41) is 2.86. The van der Waals surface area contributed by atoms with Crippen LogP contribution in [0.1, 0.15) is 16.8 Å². The number of amides is 1. The van der Waals surface area contributed by atoms with Crippen LogP contribution in [-0.2, 0) is 18.4 Å². The quantitative estimate of drug-likeness (QED) is 0.883. The lowest BCUT2D eigenvalue weighted by Gasteiger charge is -2.13. The minimum absolute atomic E-state index is 0.00405. The summed E-state index contributed by atoms with van der Waals surface area (Å²) >= 11 is 0. The van der Waals surface area contributed by atoms with Crippen LogP contribution in [0.5, 0.6) is 5.75 Å². The number of imidazole rings is 1. The standard InChI is InChI=1S/C17H24N4O2/c1-12-7-6-8-13(2)16(12)23-11-15(22)18-9-14-10-19-17(20(3)4)21(14)5/h6-8,10H,9,11H2,1-5H3,(H,18,22). The van der Waals surface area contributed by atoms with Gasteiger partial charge < -0.3 is 19.5 Å². The van der Waals surface area contributed by atoms with Crippen LogP contribution in [0.15, 0.2) is 24.4 Å². The summed E-state index contributed by atoms with van der Waals surface area (Å²) in [5.41, 5.74) is 2.99. The van der Waals surface area contributed by atoms with Crippen LogP contribution in [0.3, 0.4) is 0 Å². The van der Waals surface area contributed by atoms with Gasteiger partial charge >= 0.3 is 0 Å². The third-order valence-corrected chi connectivity index (χ3v) is 3.68. The molecule has 0 unspecified atom stereocenters. The molecule has 0 saturated heterocycles. The normalized spacial score (nSPS) is 10.5. The number of hydrogen-bond acceptors (Lipinski definition) is 4. The first-order valence-corrected chi connectivity index (χ1v) is 7.53. The highest BCUT2D eigenvalue weighted by molar-refractivity contribution is 5.77. The molecule has 0 aliphatic rings. The fourth-order valence-electron chi connectivity index (χ4n) is 2.42. The number of nitrogens with zero attached hydrogens (tertiary/aromatic N) is 3. The van der Waals surface area contributed by atoms with E-state index in [1.54, 1.807) is 6.20 Å². The number of carbonyl (C=O) groups is 1. The van der Waals surface area contributed by atoms with E-state index in [-0.39, 0.29) is 12.5 Å². The molecule has 124 valence electrons. The average molecular weight is 316 g/mol. The van der Waals surface area contributed by atoms with E-state index < -0.39 is 0 Å². The number of anilines is 1. The van der Waals surface area contributed by atoms with E-state index in [0.29, 0.717) is 6.54 Å². The molecule has 1 N–H and O–H groups in total. The molecule has 2 aromatic rings. The lowest BCUT2D eigenvalue weighted by atomic mass is 10.1. The first-order chi connectivity index (χ1) is 10.9. The number of ether oxygens (including phenoxy) is 1. The summed E-state index contributed by atoms with van der Waals surface area (Å²) in [4.78, 5) is 18.2. The lowest BCUT2D eigenvalue weighted by molar-refractivity contribution is -0.123. The SMILES string of the molecule is Cc1cccc(C)c1OCC(=O)NCc1cnc(N(C)C)n1C. The molecular formula is C17H24N4O2. The Labute approximate surface area is 137 Å². The van der Waals surface area contributed by atoms with Crippen LogP contribution in [-0.4, -0.2) is 36.2 Å². The zero-order valence-electron chi connectivity index (χ0n) is 14.4. The number of rotatable bonds is 6. The van der Waals surface area contributed by atoms with Gasteiger partial charge in [-0.05, 0) is 25.0 Å². The second kappa shape index (κ2) is 7.17. The maximum atomic E-state index is 12.0. The smallest absolute Gasteiger partial charge is 0.258 e. The average Bonchev–Trinajstić information content (AvgIpc) is 2.86. The zero-order chi connectivity index (χ0) is 17.0. The topological polar surface area (TPSA) is 59.4 Å². The second-order valence-corrected chi connectivity index (χ2v) is 5.79. The van der Waals surface area contributed by atoms with Crippen molar-refractivity contribution in [3.63, 3.8) is 0 Å². The van der Waals surface area contributed by atoms with Gasteiger partial charge in [-0.2, -0.15) is 0 Å². The zero-order valence-corrected chi connectivity index (χ0v) is 14.4. The molecule has 6 heteroatoms. The number of nitrogens with one attached hydrogen (secondary N) is 1. The van der Waals surface area contributed by atoms with Crippen molar-refractivity contribution in [3.8, 4) is 5.75 Å². The van der Waals surface area contributed by atoms with Crippen LogP contribution in [0.4, 0.5) is 5.95 Å². The summed E-state index contributed by atoms with van der Waals surface area (Å²) in [7, 11) is 5.79. The van der Waals surface area contributed by atoms with Crippen molar-refractivity contribution in [2.75, 3.05) is 25.6 Å². The van der Waals surface area contributed by atoms with Crippen LogP contribution in [0.2, 0.25) is 0 Å². The van der Waals surface area contributed by atoms with E-state index in [2.05, 4.69) is 10.3 Å². The molecule has 1 aromatic heterocycles. The van der Waals surface area contributed by atoms with Gasteiger partial charge in [0.25, 0.3) is 5.91 Å². The highest BCUT2D eigenvalue weighted by Crippen LogP contribution is 2.22. The fraction of sp³-hybridized carbons (Fsp3) is 0.412. The molecule has 0 atom stereocenters. The minimum atomic E-state index is -0.153. The number of carbonyl (C=O) groups excluding carboxylic acids is 1. The summed E-state index contributed by atoms with van der Waals surface area (Å²) < 4.78 is 7.60. The van der Waals surface area contributed by atoms with Crippen molar-refractivity contribution in [1.29, 1.82) is 0 Å². The summed E-state index contributed by atoms with van der Waals surface area (Å²) in [6, 6.07) is 5.92. The Balaban J connectivity index is 1.89. The molecule has 1 amide bonds. The van der Waals surface area contributed by atoms with Crippen molar-refractivity contribution in [2.45, 2.75) is 20.4 Å². The Bertz CT molecular complexity index is 672. The minimum Gasteiger partial charge on any atom is -0.483 e. The van der Waals surface area contributed by atoms with E-state index in [1.165, 1.54) is 0 Å². The molecule has 1 heterocycles. The Morgan fingerprint density at radius 2 is 1.96 bits per heavy atom. The van der Waals surface area contributed by atoms with Crippen molar-refractivity contribution >= 4 is 11.9 Å². The molecular weight excluding hydrogens is 292 g/mol. The highest BCUT2D eigenvalue weighted by atomic mass is 16.5. The Hall–Kier alpha value is -2.50. The van der Waals surface area contributed by atoms with Crippen molar-refractivity contribution < 1.29 is 9.53 Å². The highest BCUT2D eigenvalue weighted by Gasteiger charge is 2.10.